The SMILES string of the molecule is Cc1cnc(NC2CCC(Oc3cc(N4CCOCC4)cc4nc[nH]c(=O)c34)CC2)nc1C(N)=O. The summed E-state index contributed by atoms with van der Waals surface area (Å²) in [6.45, 7) is 4.65. The molecule has 1 aromatic carbocycles. The fourth-order valence-electron chi connectivity index (χ4n) is 4.69. The number of hydrogen-bond acceptors (Lipinski definition) is 9. The van der Waals surface area contributed by atoms with E-state index in [2.05, 4.69) is 30.2 Å². The number of carbonyl (C=O) groups excluding carboxylic acids is 1. The third-order valence-electron chi connectivity index (χ3n) is 6.57. The highest BCUT2D eigenvalue weighted by atomic mass is 16.5. The van der Waals surface area contributed by atoms with Crippen LogP contribution in [0.3, 0.4) is 0 Å². The van der Waals surface area contributed by atoms with Crippen molar-refractivity contribution in [2.75, 3.05) is 36.5 Å². The quantitative estimate of drug-likeness (QED) is 0.481. The van der Waals surface area contributed by atoms with Gasteiger partial charge in [0.05, 0.1) is 31.2 Å². The predicted octanol–water partition coefficient (Wildman–Crippen LogP) is 1.76. The lowest BCUT2D eigenvalue weighted by atomic mass is 9.93. The standard InChI is InChI=1S/C24H29N7O4/c1-14-12-26-24(30-21(14)22(25)32)29-15-2-4-17(5-3-15)35-19-11-16(31-6-8-34-9-7-31)10-18-20(19)23(33)28-13-27-18/h10-13,15,17H,2-9H2,1H3,(H2,25,32)(H,26,29,30)(H,27,28,33). The Balaban J connectivity index is 1.29. The van der Waals surface area contributed by atoms with E-state index in [4.69, 9.17) is 15.2 Å². The minimum atomic E-state index is -0.568. The van der Waals surface area contributed by atoms with Gasteiger partial charge in [-0.2, -0.15) is 0 Å². The fraction of sp³-hybridized carbons (Fsp3) is 0.458. The van der Waals surface area contributed by atoms with Gasteiger partial charge in [0.15, 0.2) is 0 Å². The largest absolute Gasteiger partial charge is 0.489 e. The molecule has 5 rings (SSSR count). The zero-order valence-corrected chi connectivity index (χ0v) is 19.6. The third-order valence-corrected chi connectivity index (χ3v) is 6.57. The number of amides is 1. The summed E-state index contributed by atoms with van der Waals surface area (Å²) in [6, 6.07) is 4.03. The number of rotatable bonds is 6. The highest BCUT2D eigenvalue weighted by Crippen LogP contribution is 2.32. The Hall–Kier alpha value is -3.73. The van der Waals surface area contributed by atoms with Crippen molar-refractivity contribution in [3.63, 3.8) is 0 Å². The molecule has 184 valence electrons. The maximum Gasteiger partial charge on any atom is 0.267 e. The Morgan fingerprint density at radius 3 is 2.71 bits per heavy atom. The molecule has 2 fully saturated rings. The summed E-state index contributed by atoms with van der Waals surface area (Å²) in [6.07, 6.45) is 6.26. The van der Waals surface area contributed by atoms with Crippen molar-refractivity contribution < 1.29 is 14.3 Å². The maximum absolute atomic E-state index is 12.6. The van der Waals surface area contributed by atoms with Gasteiger partial charge in [0, 0.05) is 37.1 Å². The van der Waals surface area contributed by atoms with Gasteiger partial charge in [0.25, 0.3) is 11.5 Å². The average molecular weight is 480 g/mol. The van der Waals surface area contributed by atoms with Gasteiger partial charge in [-0.1, -0.05) is 0 Å². The summed E-state index contributed by atoms with van der Waals surface area (Å²) in [5.74, 6) is 0.388. The molecule has 2 aromatic heterocycles. The lowest BCUT2D eigenvalue weighted by Crippen LogP contribution is -2.36. The Morgan fingerprint density at radius 1 is 1.20 bits per heavy atom. The highest BCUT2D eigenvalue weighted by molar-refractivity contribution is 5.92. The lowest BCUT2D eigenvalue weighted by molar-refractivity contribution is 0.0995. The van der Waals surface area contributed by atoms with Gasteiger partial charge in [-0.15, -0.1) is 0 Å². The molecule has 11 nitrogen and oxygen atoms in total. The molecule has 0 spiro atoms. The molecule has 0 radical (unpaired) electrons. The molecule has 4 N–H and O–H groups in total. The van der Waals surface area contributed by atoms with Crippen molar-refractivity contribution >= 4 is 28.4 Å². The van der Waals surface area contributed by atoms with Crippen LogP contribution in [0.1, 0.15) is 41.7 Å². The number of primary amides is 1. The van der Waals surface area contributed by atoms with Crippen LogP contribution in [-0.2, 0) is 4.74 Å². The number of benzene rings is 1. The van der Waals surface area contributed by atoms with E-state index in [0.29, 0.717) is 41.4 Å². The first kappa shape index (κ1) is 23.0. The number of anilines is 2. The molecule has 1 aliphatic heterocycles. The number of H-pyrrole nitrogens is 1. The number of aromatic amines is 1. The Morgan fingerprint density at radius 2 is 1.97 bits per heavy atom. The van der Waals surface area contributed by atoms with Gasteiger partial charge < -0.3 is 30.4 Å². The second-order valence-electron chi connectivity index (χ2n) is 8.99. The molecule has 3 aromatic rings. The molecule has 11 heteroatoms. The van der Waals surface area contributed by atoms with Crippen LogP contribution in [0, 0.1) is 6.92 Å². The monoisotopic (exact) mass is 479 g/mol. The highest BCUT2D eigenvalue weighted by Gasteiger charge is 2.25. The second-order valence-corrected chi connectivity index (χ2v) is 8.99. The smallest absolute Gasteiger partial charge is 0.267 e. The van der Waals surface area contributed by atoms with Gasteiger partial charge in [-0.05, 0) is 44.2 Å². The zero-order valence-electron chi connectivity index (χ0n) is 19.6. The molecule has 0 atom stereocenters. The summed E-state index contributed by atoms with van der Waals surface area (Å²) in [5, 5.41) is 3.78. The van der Waals surface area contributed by atoms with Crippen LogP contribution >= 0.6 is 0 Å². The number of fused-ring (bicyclic) bond motifs is 1. The van der Waals surface area contributed by atoms with Crippen molar-refractivity contribution in [1.82, 2.24) is 19.9 Å². The van der Waals surface area contributed by atoms with E-state index in [1.165, 1.54) is 6.33 Å². The van der Waals surface area contributed by atoms with Gasteiger partial charge in [-0.3, -0.25) is 9.59 Å². The van der Waals surface area contributed by atoms with Crippen LogP contribution in [0.5, 0.6) is 5.75 Å². The van der Waals surface area contributed by atoms with E-state index in [0.717, 1.165) is 44.5 Å². The molecule has 0 unspecified atom stereocenters. The normalized spacial score (nSPS) is 20.5. The van der Waals surface area contributed by atoms with Gasteiger partial charge in [0.2, 0.25) is 5.95 Å². The number of aromatic nitrogens is 4. The van der Waals surface area contributed by atoms with Gasteiger partial charge >= 0.3 is 0 Å². The Bertz CT molecular complexity index is 1280. The van der Waals surface area contributed by atoms with Crippen molar-refractivity contribution in [3.8, 4) is 5.75 Å². The third kappa shape index (κ3) is 5.04. The van der Waals surface area contributed by atoms with Crippen LogP contribution in [0.2, 0.25) is 0 Å². The van der Waals surface area contributed by atoms with Crippen LogP contribution in [-0.4, -0.2) is 64.3 Å². The van der Waals surface area contributed by atoms with E-state index in [1.807, 2.05) is 12.1 Å². The molecule has 2 aliphatic rings. The van der Waals surface area contributed by atoms with Crippen LogP contribution in [0.4, 0.5) is 11.6 Å². The summed E-state index contributed by atoms with van der Waals surface area (Å²) >= 11 is 0. The molecular weight excluding hydrogens is 450 g/mol. The van der Waals surface area contributed by atoms with Crippen LogP contribution in [0.25, 0.3) is 10.9 Å². The van der Waals surface area contributed by atoms with E-state index in [-0.39, 0.29) is 23.4 Å². The van der Waals surface area contributed by atoms with Crippen LogP contribution < -0.4 is 26.2 Å². The van der Waals surface area contributed by atoms with Crippen molar-refractivity contribution in [2.45, 2.75) is 44.8 Å². The zero-order chi connectivity index (χ0) is 24.4. The number of carbonyl (C=O) groups is 1. The summed E-state index contributed by atoms with van der Waals surface area (Å²) in [5.41, 5.74) is 7.66. The Kier molecular flexibility index (Phi) is 6.49. The summed E-state index contributed by atoms with van der Waals surface area (Å²) in [7, 11) is 0. The van der Waals surface area contributed by atoms with Crippen molar-refractivity contribution in [1.29, 1.82) is 0 Å². The molecular formula is C24H29N7O4. The fourth-order valence-corrected chi connectivity index (χ4v) is 4.69. The molecule has 1 aliphatic carbocycles. The lowest BCUT2D eigenvalue weighted by Gasteiger charge is -2.31. The number of aryl methyl sites for hydroxylation is 1. The van der Waals surface area contributed by atoms with Crippen molar-refractivity contribution in [2.24, 2.45) is 5.73 Å². The van der Waals surface area contributed by atoms with E-state index >= 15 is 0 Å². The molecule has 1 saturated heterocycles. The number of hydrogen-bond donors (Lipinski definition) is 3. The minimum Gasteiger partial charge on any atom is -0.489 e. The topological polar surface area (TPSA) is 148 Å². The van der Waals surface area contributed by atoms with E-state index in [9.17, 15) is 9.59 Å². The van der Waals surface area contributed by atoms with E-state index in [1.54, 1.807) is 13.1 Å². The number of ether oxygens (including phenoxy) is 2. The Labute approximate surface area is 202 Å². The van der Waals surface area contributed by atoms with E-state index < -0.39 is 5.91 Å². The first-order valence-corrected chi connectivity index (χ1v) is 11.9. The van der Waals surface area contributed by atoms with Gasteiger partial charge in [-0.25, -0.2) is 15.0 Å². The molecule has 3 heterocycles. The minimum absolute atomic E-state index is 0.0316. The van der Waals surface area contributed by atoms with Gasteiger partial charge in [0.1, 0.15) is 16.8 Å². The predicted molar refractivity (Wildman–Crippen MR) is 131 cm³/mol. The summed E-state index contributed by atoms with van der Waals surface area (Å²) < 4.78 is 11.9. The summed E-state index contributed by atoms with van der Waals surface area (Å²) in [4.78, 5) is 42.0. The average Bonchev–Trinajstić information content (AvgIpc) is 2.86. The number of nitrogens with one attached hydrogen (secondary N) is 2. The maximum atomic E-state index is 12.6. The first-order valence-electron chi connectivity index (χ1n) is 11.9. The van der Waals surface area contributed by atoms with Crippen LogP contribution in [0.15, 0.2) is 29.5 Å². The first-order chi connectivity index (χ1) is 17.0. The number of nitrogens with zero attached hydrogens (tertiary/aromatic N) is 4. The molecule has 35 heavy (non-hydrogen) atoms. The number of morpholine rings is 1. The molecule has 0 bridgehead atoms. The molecule has 1 amide bonds. The van der Waals surface area contributed by atoms with Crippen molar-refractivity contribution in [3.05, 3.63) is 46.3 Å². The second kappa shape index (κ2) is 9.87. The number of nitrogens with two attached hydrogens (primary N) is 1. The molecule has 1 saturated carbocycles.